The van der Waals surface area contributed by atoms with Crippen molar-refractivity contribution in [3.05, 3.63) is 29.5 Å². The zero-order valence-electron chi connectivity index (χ0n) is 17.0. The third-order valence-corrected chi connectivity index (χ3v) is 8.01. The Morgan fingerprint density at radius 1 is 1.25 bits per heavy atom. The number of likely N-dealkylation sites (N-methyl/N-ethyl adjacent to an activating group) is 1. The molecule has 0 unspecified atom stereocenters. The molecule has 0 aliphatic carbocycles. The van der Waals surface area contributed by atoms with E-state index in [1.54, 1.807) is 11.4 Å². The van der Waals surface area contributed by atoms with E-state index in [1.165, 1.54) is 17.2 Å². The molecule has 1 spiro atoms. The minimum Gasteiger partial charge on any atom is -0.497 e. The molecule has 7 nitrogen and oxygen atoms in total. The van der Waals surface area contributed by atoms with Gasteiger partial charge in [-0.15, -0.1) is 0 Å². The molecule has 1 atom stereocenters. The largest absolute Gasteiger partial charge is 0.497 e. The summed E-state index contributed by atoms with van der Waals surface area (Å²) in [5.74, 6) is 0.806. The average Bonchev–Trinajstić information content (AvgIpc) is 2.95. The molecule has 1 N–H and O–H groups in total. The summed E-state index contributed by atoms with van der Waals surface area (Å²) in [6, 6.07) is 6.06. The number of fused-ring (bicyclic) bond motifs is 4. The number of aromatic nitrogens is 1. The van der Waals surface area contributed by atoms with Crippen LogP contribution in [0.25, 0.3) is 10.9 Å². The molecule has 0 radical (unpaired) electrons. The SMILES string of the molecule is COc1ccc2c3c(n(C)c2c1)[C@@H](CO)N(C)CC31CCN(S(C)(=O)=O)CC1. The van der Waals surface area contributed by atoms with E-state index in [-0.39, 0.29) is 18.1 Å². The first-order chi connectivity index (χ1) is 13.2. The molecule has 28 heavy (non-hydrogen) atoms. The molecule has 0 amide bonds. The first-order valence-corrected chi connectivity index (χ1v) is 11.5. The van der Waals surface area contributed by atoms with Gasteiger partial charge >= 0.3 is 0 Å². The van der Waals surface area contributed by atoms with Crippen molar-refractivity contribution in [2.75, 3.05) is 46.7 Å². The summed E-state index contributed by atoms with van der Waals surface area (Å²) < 4.78 is 33.2. The normalized spacial score (nSPS) is 23.2. The van der Waals surface area contributed by atoms with Crippen molar-refractivity contribution in [1.29, 1.82) is 0 Å². The van der Waals surface area contributed by atoms with Crippen LogP contribution >= 0.6 is 0 Å². The van der Waals surface area contributed by atoms with Gasteiger partial charge < -0.3 is 14.4 Å². The number of aliphatic hydroxyl groups is 1. The molecular formula is C20H29N3O4S. The summed E-state index contributed by atoms with van der Waals surface area (Å²) in [6.07, 6.45) is 2.84. The predicted molar refractivity (Wildman–Crippen MR) is 109 cm³/mol. The number of ether oxygens (including phenoxy) is 1. The van der Waals surface area contributed by atoms with Gasteiger partial charge in [-0.2, -0.15) is 0 Å². The van der Waals surface area contributed by atoms with Gasteiger partial charge in [0.2, 0.25) is 10.0 Å². The smallest absolute Gasteiger partial charge is 0.211 e. The second-order valence-electron chi connectivity index (χ2n) is 8.26. The molecule has 1 saturated heterocycles. The Balaban J connectivity index is 1.90. The maximum absolute atomic E-state index is 12.0. The molecule has 2 aromatic rings. The van der Waals surface area contributed by atoms with E-state index in [4.69, 9.17) is 4.74 Å². The standard InChI is InChI=1S/C20H29N3O4S/c1-21-13-20(7-9-23(10-8-20)28(4,25)26)18-15-6-5-14(27-3)11-16(15)22(2)19(18)17(21)12-24/h5-6,11,17,24H,7-10,12-13H2,1-4H3/t17-/m1/s1. The van der Waals surface area contributed by atoms with E-state index in [9.17, 15) is 13.5 Å². The van der Waals surface area contributed by atoms with Gasteiger partial charge in [0.15, 0.2) is 0 Å². The van der Waals surface area contributed by atoms with Crippen molar-refractivity contribution in [1.82, 2.24) is 13.8 Å². The van der Waals surface area contributed by atoms with Gasteiger partial charge in [-0.3, -0.25) is 4.90 Å². The fourth-order valence-electron chi connectivity index (χ4n) is 5.27. The van der Waals surface area contributed by atoms with Gasteiger partial charge in [0, 0.05) is 49.2 Å². The number of nitrogens with zero attached hydrogens (tertiary/aromatic N) is 3. The fraction of sp³-hybridized carbons (Fsp3) is 0.600. The summed E-state index contributed by atoms with van der Waals surface area (Å²) >= 11 is 0. The Kier molecular flexibility index (Phi) is 4.73. The molecular weight excluding hydrogens is 378 g/mol. The number of sulfonamides is 1. The summed E-state index contributed by atoms with van der Waals surface area (Å²) in [6.45, 7) is 1.93. The maximum Gasteiger partial charge on any atom is 0.211 e. The van der Waals surface area contributed by atoms with Gasteiger partial charge in [-0.1, -0.05) is 0 Å². The van der Waals surface area contributed by atoms with Gasteiger partial charge in [0.05, 0.1) is 31.5 Å². The lowest BCUT2D eigenvalue weighted by Gasteiger charge is -2.49. The highest BCUT2D eigenvalue weighted by molar-refractivity contribution is 7.88. The fourth-order valence-corrected chi connectivity index (χ4v) is 6.11. The lowest BCUT2D eigenvalue weighted by atomic mass is 9.68. The van der Waals surface area contributed by atoms with E-state index in [0.717, 1.165) is 36.3 Å². The molecule has 8 heteroatoms. The quantitative estimate of drug-likeness (QED) is 0.834. The highest BCUT2D eigenvalue weighted by Gasteiger charge is 2.47. The number of methoxy groups -OCH3 is 1. The van der Waals surface area contributed by atoms with E-state index in [1.807, 2.05) is 26.2 Å². The number of aliphatic hydroxyl groups excluding tert-OH is 1. The van der Waals surface area contributed by atoms with Crippen LogP contribution in [0.2, 0.25) is 0 Å². The maximum atomic E-state index is 12.0. The van der Waals surface area contributed by atoms with Crippen LogP contribution in [0, 0.1) is 0 Å². The number of piperidine rings is 1. The summed E-state index contributed by atoms with van der Waals surface area (Å²) in [5.41, 5.74) is 3.37. The van der Waals surface area contributed by atoms with Crippen LogP contribution < -0.4 is 4.74 Å². The van der Waals surface area contributed by atoms with Crippen LogP contribution in [-0.4, -0.2) is 74.0 Å². The minimum absolute atomic E-state index is 0.0519. The number of rotatable bonds is 3. The number of hydrogen-bond donors (Lipinski definition) is 1. The van der Waals surface area contributed by atoms with Crippen molar-refractivity contribution in [2.24, 2.45) is 7.05 Å². The first-order valence-electron chi connectivity index (χ1n) is 9.65. The van der Waals surface area contributed by atoms with Crippen LogP contribution in [0.15, 0.2) is 18.2 Å². The van der Waals surface area contributed by atoms with Gasteiger partial charge in [0.25, 0.3) is 0 Å². The van der Waals surface area contributed by atoms with Crippen LogP contribution in [0.3, 0.4) is 0 Å². The monoisotopic (exact) mass is 407 g/mol. The third-order valence-electron chi connectivity index (χ3n) is 6.70. The summed E-state index contributed by atoms with van der Waals surface area (Å²) in [4.78, 5) is 2.22. The Hall–Kier alpha value is -1.61. The van der Waals surface area contributed by atoms with E-state index < -0.39 is 10.0 Å². The second-order valence-corrected chi connectivity index (χ2v) is 10.2. The van der Waals surface area contributed by atoms with E-state index >= 15 is 0 Å². The van der Waals surface area contributed by atoms with Crippen molar-refractivity contribution < 1.29 is 18.3 Å². The average molecular weight is 408 g/mol. The lowest BCUT2D eigenvalue weighted by molar-refractivity contribution is 0.0776. The molecule has 1 aromatic heterocycles. The highest BCUT2D eigenvalue weighted by Crippen LogP contribution is 2.49. The number of benzene rings is 1. The molecule has 1 fully saturated rings. The van der Waals surface area contributed by atoms with Gasteiger partial charge in [-0.05, 0) is 37.6 Å². The molecule has 3 heterocycles. The Bertz CT molecular complexity index is 1010. The zero-order valence-corrected chi connectivity index (χ0v) is 17.8. The predicted octanol–water partition coefficient (Wildman–Crippen LogP) is 1.46. The van der Waals surface area contributed by atoms with Crippen LogP contribution in [0.5, 0.6) is 5.75 Å². The summed E-state index contributed by atoms with van der Waals surface area (Å²) in [7, 11) is 2.58. The lowest BCUT2D eigenvalue weighted by Crippen LogP contribution is -2.53. The van der Waals surface area contributed by atoms with Crippen molar-refractivity contribution in [3.8, 4) is 5.75 Å². The van der Waals surface area contributed by atoms with E-state index in [2.05, 4.69) is 15.5 Å². The highest BCUT2D eigenvalue weighted by atomic mass is 32.2. The molecule has 4 rings (SSSR count). The Morgan fingerprint density at radius 2 is 1.93 bits per heavy atom. The van der Waals surface area contributed by atoms with Crippen LogP contribution in [-0.2, 0) is 22.5 Å². The number of aryl methyl sites for hydroxylation is 1. The van der Waals surface area contributed by atoms with Crippen molar-refractivity contribution in [2.45, 2.75) is 24.3 Å². The first kappa shape index (κ1) is 19.7. The Labute approximate surface area is 166 Å². The van der Waals surface area contributed by atoms with Crippen molar-refractivity contribution >= 4 is 20.9 Å². The Morgan fingerprint density at radius 3 is 2.50 bits per heavy atom. The second kappa shape index (κ2) is 6.73. The van der Waals surface area contributed by atoms with Crippen LogP contribution in [0.1, 0.15) is 30.1 Å². The molecule has 0 saturated carbocycles. The van der Waals surface area contributed by atoms with Gasteiger partial charge in [-0.25, -0.2) is 12.7 Å². The van der Waals surface area contributed by atoms with Crippen LogP contribution in [0.4, 0.5) is 0 Å². The third kappa shape index (κ3) is 2.85. The minimum atomic E-state index is -3.18. The molecule has 154 valence electrons. The molecule has 2 aliphatic heterocycles. The molecule has 0 bridgehead atoms. The molecule has 1 aromatic carbocycles. The molecule has 2 aliphatic rings. The van der Waals surface area contributed by atoms with Gasteiger partial charge in [0.1, 0.15) is 5.75 Å². The topological polar surface area (TPSA) is 75.0 Å². The van der Waals surface area contributed by atoms with Crippen molar-refractivity contribution in [3.63, 3.8) is 0 Å². The number of hydrogen-bond acceptors (Lipinski definition) is 5. The zero-order chi connectivity index (χ0) is 20.3. The van der Waals surface area contributed by atoms with E-state index in [0.29, 0.717) is 13.1 Å². The summed E-state index contributed by atoms with van der Waals surface area (Å²) in [5, 5.41) is 11.3.